The van der Waals surface area contributed by atoms with E-state index >= 15 is 0 Å². The summed E-state index contributed by atoms with van der Waals surface area (Å²) in [6, 6.07) is 0. The van der Waals surface area contributed by atoms with E-state index in [2.05, 4.69) is 51.7 Å². The highest BCUT2D eigenvalue weighted by Gasteiger charge is 2.23. The lowest BCUT2D eigenvalue weighted by Gasteiger charge is -2.05. The molecule has 0 radical (unpaired) electrons. The lowest BCUT2D eigenvalue weighted by molar-refractivity contribution is -0.135. The van der Waals surface area contributed by atoms with E-state index in [9.17, 15) is 4.79 Å². The molecule has 2 nitrogen and oxygen atoms in total. The molecule has 0 fully saturated rings. The van der Waals surface area contributed by atoms with E-state index in [0.29, 0.717) is 0 Å². The van der Waals surface area contributed by atoms with Crippen LogP contribution in [-0.2, 0) is 4.79 Å². The summed E-state index contributed by atoms with van der Waals surface area (Å²) >= 11 is 10.4. The fourth-order valence-electron chi connectivity index (χ4n) is 0. The highest BCUT2D eigenvalue weighted by Crippen LogP contribution is 2.23. The topological polar surface area (TPSA) is 37.3 Å². The minimum Gasteiger partial charge on any atom is -0.479 e. The summed E-state index contributed by atoms with van der Waals surface area (Å²) in [6.45, 7) is 4.25. The second-order valence-electron chi connectivity index (χ2n) is 1.65. The van der Waals surface area contributed by atoms with E-state index < -0.39 is 9.38 Å². The van der Waals surface area contributed by atoms with E-state index in [-0.39, 0.29) is 0 Å². The Hall–Kier alpha value is 0.520. The van der Waals surface area contributed by atoms with Crippen molar-refractivity contribution in [1.82, 2.24) is 0 Å². The van der Waals surface area contributed by atoms with Gasteiger partial charge in [-0.05, 0) is 0 Å². The molecule has 5 heteroatoms. The number of aliphatic carboxylic acids is 1. The second-order valence-corrected chi connectivity index (χ2v) is 4.72. The normalized spacial score (nSPS) is 9.70. The van der Waals surface area contributed by atoms with Crippen LogP contribution in [0.3, 0.4) is 0 Å². The first-order valence-electron chi connectivity index (χ1n) is 2.76. The van der Waals surface area contributed by atoms with Crippen LogP contribution in [0.25, 0.3) is 0 Å². The van der Waals surface area contributed by atoms with Crippen LogP contribution in [0.15, 0.2) is 0 Å². The van der Waals surface area contributed by atoms with Crippen LogP contribution in [0, 0.1) is 0 Å². The summed E-state index contributed by atoms with van der Waals surface area (Å²) < 4.78 is -1.50. The summed E-state index contributed by atoms with van der Waals surface area (Å²) in [4.78, 5) is 9.79. The van der Waals surface area contributed by atoms with Gasteiger partial charge >= 0.3 is 5.97 Å². The van der Waals surface area contributed by atoms with Crippen LogP contribution in [0.1, 0.15) is 20.3 Å². The first-order valence-corrected chi connectivity index (χ1v) is 4.10. The molecular weight excluding hydrogens is 188 g/mol. The number of thiol groups is 3. The molecule has 0 unspecified atom stereocenters. The maximum Gasteiger partial charge on any atom is 0.339 e. The molecule has 0 bridgehead atoms. The highest BCUT2D eigenvalue weighted by atomic mass is 32.2. The number of rotatable bonds is 1. The average molecular weight is 200 g/mol. The van der Waals surface area contributed by atoms with Crippen LogP contribution >= 0.6 is 37.9 Å². The third kappa shape index (κ3) is 11.3. The zero-order chi connectivity index (χ0) is 8.78. The highest BCUT2D eigenvalue weighted by molar-refractivity contribution is 8.18. The smallest absolute Gasteiger partial charge is 0.339 e. The lowest BCUT2D eigenvalue weighted by atomic mass is 10.6. The van der Waals surface area contributed by atoms with Crippen LogP contribution < -0.4 is 0 Å². The van der Waals surface area contributed by atoms with Crippen molar-refractivity contribution < 1.29 is 9.90 Å². The molecule has 0 spiro atoms. The van der Waals surface area contributed by atoms with Crippen LogP contribution in [0.5, 0.6) is 0 Å². The van der Waals surface area contributed by atoms with Gasteiger partial charge in [0.25, 0.3) is 0 Å². The molecule has 62 valence electrons. The molecule has 0 aromatic heterocycles. The summed E-state index contributed by atoms with van der Waals surface area (Å²) in [6.07, 6.45) is 1.25. The van der Waals surface area contributed by atoms with Crippen molar-refractivity contribution in [3.8, 4) is 0 Å². The number of hydrogen-bond acceptors (Lipinski definition) is 4. The van der Waals surface area contributed by atoms with Gasteiger partial charge in [0.05, 0.1) is 0 Å². The summed E-state index contributed by atoms with van der Waals surface area (Å²) in [5, 5.41) is 8.02. The van der Waals surface area contributed by atoms with Gasteiger partial charge in [-0.2, -0.15) is 0 Å². The van der Waals surface area contributed by atoms with E-state index in [1.807, 2.05) is 0 Å². The Labute approximate surface area is 77.6 Å². The maximum atomic E-state index is 9.79. The van der Waals surface area contributed by atoms with Crippen LogP contribution in [0.4, 0.5) is 0 Å². The SMILES string of the molecule is CCC.O=C(O)C(S)(S)S. The zero-order valence-corrected chi connectivity index (χ0v) is 8.59. The minimum absolute atomic E-state index is 1.16. The Morgan fingerprint density at radius 1 is 1.40 bits per heavy atom. The minimum atomic E-state index is -1.50. The molecule has 0 aromatic rings. The molecule has 0 aliphatic heterocycles. The Balaban J connectivity index is 0. The van der Waals surface area contributed by atoms with E-state index in [1.54, 1.807) is 0 Å². The van der Waals surface area contributed by atoms with Crippen LogP contribution in [-0.4, -0.2) is 14.5 Å². The van der Waals surface area contributed by atoms with Gasteiger partial charge in [0.15, 0.2) is 3.41 Å². The molecule has 0 aliphatic rings. The molecule has 0 aliphatic carbocycles. The Morgan fingerprint density at radius 3 is 1.50 bits per heavy atom. The van der Waals surface area contributed by atoms with Crippen molar-refractivity contribution in [2.45, 2.75) is 23.7 Å². The van der Waals surface area contributed by atoms with Crippen molar-refractivity contribution >= 4 is 43.9 Å². The summed E-state index contributed by atoms with van der Waals surface area (Å²) in [7, 11) is 0. The Morgan fingerprint density at radius 2 is 1.50 bits per heavy atom. The van der Waals surface area contributed by atoms with E-state index in [1.165, 1.54) is 6.42 Å². The second kappa shape index (κ2) is 6.24. The van der Waals surface area contributed by atoms with Gasteiger partial charge in [-0.25, -0.2) is 4.79 Å². The molecule has 0 atom stereocenters. The van der Waals surface area contributed by atoms with E-state index in [4.69, 9.17) is 5.11 Å². The fourth-order valence-corrected chi connectivity index (χ4v) is 0. The molecule has 10 heavy (non-hydrogen) atoms. The van der Waals surface area contributed by atoms with Crippen molar-refractivity contribution in [2.75, 3.05) is 0 Å². The number of carbonyl (C=O) groups is 1. The van der Waals surface area contributed by atoms with Crippen LogP contribution in [0.2, 0.25) is 0 Å². The molecular formula is C5H12O2S3. The van der Waals surface area contributed by atoms with Gasteiger partial charge in [-0.1, -0.05) is 20.3 Å². The Bertz CT molecular complexity index is 97.6. The third-order valence-corrected chi connectivity index (χ3v) is 0.861. The molecule has 0 heterocycles. The molecule has 0 rings (SSSR count). The average Bonchev–Trinajstić information content (AvgIpc) is 1.64. The summed E-state index contributed by atoms with van der Waals surface area (Å²) in [5.41, 5.74) is 0. The van der Waals surface area contributed by atoms with Gasteiger partial charge < -0.3 is 5.11 Å². The van der Waals surface area contributed by atoms with Gasteiger partial charge in [0.2, 0.25) is 0 Å². The fraction of sp³-hybridized carbons (Fsp3) is 0.800. The molecule has 1 N–H and O–H groups in total. The number of hydrogen-bond donors (Lipinski definition) is 4. The molecule has 0 amide bonds. The largest absolute Gasteiger partial charge is 0.479 e. The molecule has 0 saturated carbocycles. The maximum absolute atomic E-state index is 9.79. The predicted octanol–water partition coefficient (Wildman–Crippen LogP) is 1.93. The molecule has 0 aromatic carbocycles. The van der Waals surface area contributed by atoms with Gasteiger partial charge in [0.1, 0.15) is 0 Å². The quantitative estimate of drug-likeness (QED) is 0.386. The molecule has 0 saturated heterocycles. The summed E-state index contributed by atoms with van der Waals surface area (Å²) in [5.74, 6) is -1.16. The van der Waals surface area contributed by atoms with Crippen molar-refractivity contribution in [1.29, 1.82) is 0 Å². The van der Waals surface area contributed by atoms with Gasteiger partial charge in [-0.3, -0.25) is 0 Å². The van der Waals surface area contributed by atoms with Crippen molar-refractivity contribution in [3.63, 3.8) is 0 Å². The van der Waals surface area contributed by atoms with Gasteiger partial charge in [-0.15, -0.1) is 37.9 Å². The van der Waals surface area contributed by atoms with Gasteiger partial charge in [0, 0.05) is 0 Å². The number of carboxylic acids is 1. The predicted molar refractivity (Wildman–Crippen MR) is 53.3 cm³/mol. The lowest BCUT2D eigenvalue weighted by Crippen LogP contribution is -2.17. The zero-order valence-electron chi connectivity index (χ0n) is 5.90. The van der Waals surface area contributed by atoms with Crippen molar-refractivity contribution in [3.05, 3.63) is 0 Å². The standard InChI is InChI=1S/C3H8.C2H4O2S3/c1-3-2;3-1(4)2(5,6)7/h3H2,1-2H3;5-7H,(H,3,4). The van der Waals surface area contributed by atoms with Crippen molar-refractivity contribution in [2.24, 2.45) is 0 Å². The third-order valence-electron chi connectivity index (χ3n) is 0.287. The van der Waals surface area contributed by atoms with E-state index in [0.717, 1.165) is 0 Å². The monoisotopic (exact) mass is 200 g/mol. The number of carboxylic acid groups (broad SMARTS) is 1. The Kier molecular flexibility index (Phi) is 8.20. The first-order chi connectivity index (χ1) is 4.36. The first kappa shape index (κ1) is 13.1.